The van der Waals surface area contributed by atoms with Crippen LogP contribution in [0.5, 0.6) is 0 Å². The van der Waals surface area contributed by atoms with Crippen molar-refractivity contribution in [2.45, 2.75) is 25.1 Å². The Balaban J connectivity index is 2.06. The smallest absolute Gasteiger partial charge is 0.146 e. The van der Waals surface area contributed by atoms with E-state index in [2.05, 4.69) is 0 Å². The molecule has 0 radical (unpaired) electrons. The van der Waals surface area contributed by atoms with Gasteiger partial charge in [-0.15, -0.1) is 11.6 Å². The van der Waals surface area contributed by atoms with Gasteiger partial charge in [0.1, 0.15) is 5.82 Å². The van der Waals surface area contributed by atoms with Crippen LogP contribution in [0, 0.1) is 11.7 Å². The molecule has 1 aliphatic carbocycles. The minimum Gasteiger partial charge on any atom is -0.372 e. The fourth-order valence-corrected chi connectivity index (χ4v) is 2.27. The zero-order valence-corrected chi connectivity index (χ0v) is 10.3. The molecule has 0 heterocycles. The first-order valence-electron chi connectivity index (χ1n) is 5.76. The fourth-order valence-electron chi connectivity index (χ4n) is 2.10. The van der Waals surface area contributed by atoms with Crippen molar-refractivity contribution in [3.63, 3.8) is 0 Å². The van der Waals surface area contributed by atoms with Gasteiger partial charge in [0.25, 0.3) is 0 Å². The SMILES string of the molecule is CN(CC1CCC1)c1ccc(CCl)cc1F. The van der Waals surface area contributed by atoms with Gasteiger partial charge in [-0.3, -0.25) is 0 Å². The number of hydrogen-bond acceptors (Lipinski definition) is 1. The van der Waals surface area contributed by atoms with E-state index in [1.807, 2.05) is 24.1 Å². The van der Waals surface area contributed by atoms with Crippen LogP contribution in [0.1, 0.15) is 24.8 Å². The van der Waals surface area contributed by atoms with E-state index in [1.165, 1.54) is 25.3 Å². The van der Waals surface area contributed by atoms with Crippen molar-refractivity contribution in [3.8, 4) is 0 Å². The minimum atomic E-state index is -0.167. The highest BCUT2D eigenvalue weighted by Crippen LogP contribution is 2.29. The zero-order chi connectivity index (χ0) is 11.5. The van der Waals surface area contributed by atoms with Crippen LogP contribution < -0.4 is 4.90 Å². The van der Waals surface area contributed by atoms with Crippen LogP contribution in [-0.4, -0.2) is 13.6 Å². The van der Waals surface area contributed by atoms with E-state index in [4.69, 9.17) is 11.6 Å². The van der Waals surface area contributed by atoms with Gasteiger partial charge in [-0.2, -0.15) is 0 Å². The summed E-state index contributed by atoms with van der Waals surface area (Å²) >= 11 is 5.67. The van der Waals surface area contributed by atoms with Gasteiger partial charge < -0.3 is 4.90 Å². The number of rotatable bonds is 4. The number of alkyl halides is 1. The van der Waals surface area contributed by atoms with Crippen molar-refractivity contribution >= 4 is 17.3 Å². The molecule has 0 N–H and O–H groups in total. The summed E-state index contributed by atoms with van der Waals surface area (Å²) in [4.78, 5) is 2.01. The Morgan fingerprint density at radius 1 is 1.44 bits per heavy atom. The Hall–Kier alpha value is -0.760. The van der Waals surface area contributed by atoms with E-state index >= 15 is 0 Å². The van der Waals surface area contributed by atoms with E-state index < -0.39 is 0 Å². The maximum absolute atomic E-state index is 13.8. The highest BCUT2D eigenvalue weighted by Gasteiger charge is 2.20. The van der Waals surface area contributed by atoms with Gasteiger partial charge in [0.2, 0.25) is 0 Å². The predicted octanol–water partition coefficient (Wildman–Crippen LogP) is 3.80. The quantitative estimate of drug-likeness (QED) is 0.725. The highest BCUT2D eigenvalue weighted by atomic mass is 35.5. The molecule has 0 atom stereocenters. The molecular formula is C13H17ClFN. The van der Waals surface area contributed by atoms with E-state index in [9.17, 15) is 4.39 Å². The standard InChI is InChI=1S/C13H17ClFN/c1-16(9-10-3-2-4-10)13-6-5-11(8-14)7-12(13)15/h5-7,10H,2-4,8-9H2,1H3. The molecular weight excluding hydrogens is 225 g/mol. The molecule has 0 bridgehead atoms. The zero-order valence-electron chi connectivity index (χ0n) is 9.55. The number of hydrogen-bond donors (Lipinski definition) is 0. The average Bonchev–Trinajstić information content (AvgIpc) is 2.23. The lowest BCUT2D eigenvalue weighted by Crippen LogP contribution is -2.29. The molecule has 1 saturated carbocycles. The Morgan fingerprint density at radius 2 is 2.19 bits per heavy atom. The van der Waals surface area contributed by atoms with Crippen LogP contribution in [0.15, 0.2) is 18.2 Å². The lowest BCUT2D eigenvalue weighted by Gasteiger charge is -2.31. The van der Waals surface area contributed by atoms with Crippen molar-refractivity contribution in [1.82, 2.24) is 0 Å². The highest BCUT2D eigenvalue weighted by molar-refractivity contribution is 6.17. The number of nitrogens with zero attached hydrogens (tertiary/aromatic N) is 1. The second-order valence-corrected chi connectivity index (χ2v) is 4.86. The Labute approximate surface area is 101 Å². The van der Waals surface area contributed by atoms with Crippen LogP contribution in [0.3, 0.4) is 0 Å². The third kappa shape index (κ3) is 2.49. The third-order valence-electron chi connectivity index (χ3n) is 3.33. The van der Waals surface area contributed by atoms with Crippen LogP contribution >= 0.6 is 11.6 Å². The Bertz CT molecular complexity index is 363. The van der Waals surface area contributed by atoms with Gasteiger partial charge >= 0.3 is 0 Å². The van der Waals surface area contributed by atoms with Crippen LogP contribution in [0.25, 0.3) is 0 Å². The maximum atomic E-state index is 13.8. The first-order valence-corrected chi connectivity index (χ1v) is 6.29. The molecule has 0 unspecified atom stereocenters. The molecule has 1 nitrogen and oxygen atoms in total. The van der Waals surface area contributed by atoms with E-state index in [0.717, 1.165) is 18.0 Å². The van der Waals surface area contributed by atoms with Gasteiger partial charge in [-0.05, 0) is 36.5 Å². The molecule has 0 spiro atoms. The fraction of sp³-hybridized carbons (Fsp3) is 0.538. The monoisotopic (exact) mass is 241 g/mol. The van der Waals surface area contributed by atoms with Gasteiger partial charge in [-0.25, -0.2) is 4.39 Å². The minimum absolute atomic E-state index is 0.167. The summed E-state index contributed by atoms with van der Waals surface area (Å²) in [5, 5.41) is 0. The number of benzene rings is 1. The molecule has 1 aromatic rings. The molecule has 0 amide bonds. The lowest BCUT2D eigenvalue weighted by molar-refractivity contribution is 0.321. The second-order valence-electron chi connectivity index (χ2n) is 4.60. The van der Waals surface area contributed by atoms with E-state index in [1.54, 1.807) is 0 Å². The maximum Gasteiger partial charge on any atom is 0.146 e. The van der Waals surface area contributed by atoms with Crippen LogP contribution in [0.2, 0.25) is 0 Å². The number of anilines is 1. The van der Waals surface area contributed by atoms with E-state index in [0.29, 0.717) is 11.6 Å². The van der Waals surface area contributed by atoms with Crippen molar-refractivity contribution in [1.29, 1.82) is 0 Å². The van der Waals surface area contributed by atoms with Crippen molar-refractivity contribution in [3.05, 3.63) is 29.6 Å². The van der Waals surface area contributed by atoms with Crippen molar-refractivity contribution < 1.29 is 4.39 Å². The summed E-state index contributed by atoms with van der Waals surface area (Å²) in [6.45, 7) is 0.955. The molecule has 2 rings (SSSR count). The molecule has 1 aromatic carbocycles. The van der Waals surface area contributed by atoms with Gasteiger partial charge in [0.15, 0.2) is 0 Å². The Kier molecular flexibility index (Phi) is 3.70. The molecule has 1 aliphatic rings. The van der Waals surface area contributed by atoms with Gasteiger partial charge in [-0.1, -0.05) is 12.5 Å². The molecule has 88 valence electrons. The van der Waals surface area contributed by atoms with Crippen LogP contribution in [0.4, 0.5) is 10.1 Å². The molecule has 1 fully saturated rings. The molecule has 0 aliphatic heterocycles. The normalized spacial score (nSPS) is 15.9. The molecule has 0 aromatic heterocycles. The van der Waals surface area contributed by atoms with Crippen molar-refractivity contribution in [2.75, 3.05) is 18.5 Å². The van der Waals surface area contributed by atoms with Gasteiger partial charge in [0.05, 0.1) is 5.69 Å². The molecule has 0 saturated heterocycles. The predicted molar refractivity (Wildman–Crippen MR) is 66.6 cm³/mol. The first-order chi connectivity index (χ1) is 7.70. The largest absolute Gasteiger partial charge is 0.372 e. The molecule has 3 heteroatoms. The van der Waals surface area contributed by atoms with Gasteiger partial charge in [0, 0.05) is 19.5 Å². The summed E-state index contributed by atoms with van der Waals surface area (Å²) in [5.74, 6) is 0.945. The number of halogens is 2. The topological polar surface area (TPSA) is 3.24 Å². The third-order valence-corrected chi connectivity index (χ3v) is 3.64. The summed E-state index contributed by atoms with van der Waals surface area (Å²) < 4.78 is 13.8. The Morgan fingerprint density at radius 3 is 2.69 bits per heavy atom. The van der Waals surface area contributed by atoms with Crippen molar-refractivity contribution in [2.24, 2.45) is 5.92 Å². The summed E-state index contributed by atoms with van der Waals surface area (Å²) in [5.41, 5.74) is 1.51. The first kappa shape index (κ1) is 11.7. The lowest BCUT2D eigenvalue weighted by atomic mass is 9.85. The molecule has 16 heavy (non-hydrogen) atoms. The van der Waals surface area contributed by atoms with Crippen LogP contribution in [-0.2, 0) is 5.88 Å². The summed E-state index contributed by atoms with van der Waals surface area (Å²) in [7, 11) is 1.96. The summed E-state index contributed by atoms with van der Waals surface area (Å²) in [6, 6.07) is 5.24. The average molecular weight is 242 g/mol. The van der Waals surface area contributed by atoms with E-state index in [-0.39, 0.29) is 5.82 Å². The summed E-state index contributed by atoms with van der Waals surface area (Å²) in [6.07, 6.45) is 3.89. The second kappa shape index (κ2) is 5.05.